The lowest BCUT2D eigenvalue weighted by atomic mass is 10.1. The minimum Gasteiger partial charge on any atom is -0.478 e. The quantitative estimate of drug-likeness (QED) is 0.609. The van der Waals surface area contributed by atoms with Crippen LogP contribution < -0.4 is 0 Å². The zero-order chi connectivity index (χ0) is 13.5. The van der Waals surface area contributed by atoms with Crippen molar-refractivity contribution in [2.24, 2.45) is 0 Å². The number of carboxylic acid groups (broad SMARTS) is 1. The average Bonchev–Trinajstić information content (AvgIpc) is 2.27. The van der Waals surface area contributed by atoms with Gasteiger partial charge >= 0.3 is 5.97 Å². The molecule has 0 aliphatic carbocycles. The number of hydrogen-bond donors (Lipinski definition) is 1. The minimum absolute atomic E-state index is 0.321. The molecule has 0 aliphatic rings. The van der Waals surface area contributed by atoms with Gasteiger partial charge in [-0.05, 0) is 38.8 Å². The van der Waals surface area contributed by atoms with Crippen molar-refractivity contribution in [3.63, 3.8) is 0 Å². The predicted octanol–water partition coefficient (Wildman–Crippen LogP) is 2.92. The number of ether oxygens (including phenoxy) is 1. The normalized spacial score (nSPS) is 10.6. The number of aryl methyl sites for hydroxylation is 2. The summed E-state index contributed by atoms with van der Waals surface area (Å²) in [6.07, 6.45) is 0.895. The number of aromatic carboxylic acids is 1. The molecule has 1 aromatic heterocycles. The highest BCUT2D eigenvalue weighted by atomic mass is 32.2. The van der Waals surface area contributed by atoms with Crippen LogP contribution in [0.15, 0.2) is 11.1 Å². The second kappa shape index (κ2) is 7.38. The van der Waals surface area contributed by atoms with Gasteiger partial charge in [-0.15, -0.1) is 11.8 Å². The van der Waals surface area contributed by atoms with Gasteiger partial charge in [0, 0.05) is 24.7 Å². The molecular formula is C13H19NO3S. The zero-order valence-corrected chi connectivity index (χ0v) is 11.8. The molecule has 0 fully saturated rings. The van der Waals surface area contributed by atoms with Crippen LogP contribution in [0.25, 0.3) is 0 Å². The SMILES string of the molecule is CCOCCCSc1nc(C)cc(C)c1C(=O)O. The predicted molar refractivity (Wildman–Crippen MR) is 72.5 cm³/mol. The first-order valence-electron chi connectivity index (χ1n) is 5.98. The van der Waals surface area contributed by atoms with Crippen molar-refractivity contribution in [1.82, 2.24) is 4.98 Å². The Morgan fingerprint density at radius 1 is 1.50 bits per heavy atom. The van der Waals surface area contributed by atoms with Gasteiger partial charge in [0.2, 0.25) is 0 Å². The summed E-state index contributed by atoms with van der Waals surface area (Å²) in [6.45, 7) is 7.07. The lowest BCUT2D eigenvalue weighted by Gasteiger charge is -2.09. The van der Waals surface area contributed by atoms with Crippen LogP contribution in [-0.2, 0) is 4.74 Å². The van der Waals surface area contributed by atoms with Crippen LogP contribution in [0.2, 0.25) is 0 Å². The molecule has 1 heterocycles. The second-order valence-electron chi connectivity index (χ2n) is 3.96. The molecule has 0 spiro atoms. The van der Waals surface area contributed by atoms with Crippen molar-refractivity contribution in [3.8, 4) is 0 Å². The molecular weight excluding hydrogens is 250 g/mol. The number of hydrogen-bond acceptors (Lipinski definition) is 4. The van der Waals surface area contributed by atoms with Gasteiger partial charge in [0.25, 0.3) is 0 Å². The number of carboxylic acids is 1. The number of aromatic nitrogens is 1. The van der Waals surface area contributed by atoms with E-state index in [1.54, 1.807) is 6.07 Å². The third kappa shape index (κ3) is 4.31. The molecule has 0 bridgehead atoms. The van der Waals surface area contributed by atoms with E-state index in [-0.39, 0.29) is 0 Å². The Kier molecular flexibility index (Phi) is 6.15. The van der Waals surface area contributed by atoms with E-state index >= 15 is 0 Å². The van der Waals surface area contributed by atoms with Gasteiger partial charge < -0.3 is 9.84 Å². The maximum Gasteiger partial charge on any atom is 0.338 e. The molecule has 1 rings (SSSR count). The third-order valence-corrected chi connectivity index (χ3v) is 3.46. The lowest BCUT2D eigenvalue weighted by molar-refractivity contribution is 0.0691. The van der Waals surface area contributed by atoms with Gasteiger partial charge in [-0.1, -0.05) is 0 Å². The van der Waals surface area contributed by atoms with E-state index in [0.29, 0.717) is 23.8 Å². The molecule has 0 aromatic carbocycles. The molecule has 0 saturated heterocycles. The van der Waals surface area contributed by atoms with Gasteiger partial charge in [0.1, 0.15) is 5.03 Å². The summed E-state index contributed by atoms with van der Waals surface area (Å²) in [4.78, 5) is 15.5. The number of rotatable bonds is 7. The summed E-state index contributed by atoms with van der Waals surface area (Å²) in [7, 11) is 0. The number of thioether (sulfide) groups is 1. The Labute approximate surface area is 112 Å². The summed E-state index contributed by atoms with van der Waals surface area (Å²) in [6, 6.07) is 1.80. The maximum absolute atomic E-state index is 11.2. The first kappa shape index (κ1) is 15.0. The molecule has 5 heteroatoms. The van der Waals surface area contributed by atoms with Crippen LogP contribution in [0.3, 0.4) is 0 Å². The summed E-state index contributed by atoms with van der Waals surface area (Å²) >= 11 is 1.48. The van der Waals surface area contributed by atoms with E-state index < -0.39 is 5.97 Å². The van der Waals surface area contributed by atoms with E-state index in [4.69, 9.17) is 4.74 Å². The highest BCUT2D eigenvalue weighted by molar-refractivity contribution is 7.99. The molecule has 1 aromatic rings. The minimum atomic E-state index is -0.910. The Bertz CT molecular complexity index is 421. The summed E-state index contributed by atoms with van der Waals surface area (Å²) < 4.78 is 5.25. The van der Waals surface area contributed by atoms with Gasteiger partial charge in [0.15, 0.2) is 0 Å². The van der Waals surface area contributed by atoms with E-state index in [9.17, 15) is 9.90 Å². The summed E-state index contributed by atoms with van der Waals surface area (Å²) in [5, 5.41) is 9.81. The number of carbonyl (C=O) groups is 1. The van der Waals surface area contributed by atoms with E-state index in [1.165, 1.54) is 11.8 Å². The standard InChI is InChI=1S/C13H19NO3S/c1-4-17-6-5-7-18-12-11(13(15)16)9(2)8-10(3)14-12/h8H,4-7H2,1-3H3,(H,15,16). The van der Waals surface area contributed by atoms with Gasteiger partial charge in [-0.2, -0.15) is 0 Å². The monoisotopic (exact) mass is 269 g/mol. The largest absolute Gasteiger partial charge is 0.478 e. The first-order valence-corrected chi connectivity index (χ1v) is 6.97. The summed E-state index contributed by atoms with van der Waals surface area (Å²) in [5.74, 6) is -0.0943. The molecule has 1 N–H and O–H groups in total. The van der Waals surface area contributed by atoms with Crippen LogP contribution >= 0.6 is 11.8 Å². The average molecular weight is 269 g/mol. The Balaban J connectivity index is 2.71. The zero-order valence-electron chi connectivity index (χ0n) is 11.0. The fourth-order valence-electron chi connectivity index (χ4n) is 1.64. The molecule has 4 nitrogen and oxygen atoms in total. The smallest absolute Gasteiger partial charge is 0.338 e. The molecule has 0 radical (unpaired) electrons. The van der Waals surface area contributed by atoms with Crippen LogP contribution in [0.1, 0.15) is 35.0 Å². The molecule has 0 atom stereocenters. The fourth-order valence-corrected chi connectivity index (χ4v) is 2.70. The first-order chi connectivity index (χ1) is 8.56. The van der Waals surface area contributed by atoms with Crippen LogP contribution in [0.5, 0.6) is 0 Å². The van der Waals surface area contributed by atoms with Crippen molar-refractivity contribution in [3.05, 3.63) is 22.9 Å². The highest BCUT2D eigenvalue weighted by Crippen LogP contribution is 2.24. The van der Waals surface area contributed by atoms with E-state index in [2.05, 4.69) is 4.98 Å². The Morgan fingerprint density at radius 2 is 2.22 bits per heavy atom. The number of nitrogens with zero attached hydrogens (tertiary/aromatic N) is 1. The van der Waals surface area contributed by atoms with Gasteiger partial charge in [0.05, 0.1) is 5.56 Å². The van der Waals surface area contributed by atoms with Crippen LogP contribution in [-0.4, -0.2) is 35.0 Å². The van der Waals surface area contributed by atoms with Gasteiger partial charge in [-0.3, -0.25) is 0 Å². The van der Waals surface area contributed by atoms with Crippen molar-refractivity contribution >= 4 is 17.7 Å². The van der Waals surface area contributed by atoms with Crippen LogP contribution in [0, 0.1) is 13.8 Å². The topological polar surface area (TPSA) is 59.4 Å². The summed E-state index contributed by atoms with van der Waals surface area (Å²) in [5.41, 5.74) is 1.94. The van der Waals surface area contributed by atoms with Crippen LogP contribution in [0.4, 0.5) is 0 Å². The molecule has 18 heavy (non-hydrogen) atoms. The Hall–Kier alpha value is -1.07. The fraction of sp³-hybridized carbons (Fsp3) is 0.538. The Morgan fingerprint density at radius 3 is 2.83 bits per heavy atom. The molecule has 100 valence electrons. The number of pyridine rings is 1. The van der Waals surface area contributed by atoms with E-state index in [1.807, 2.05) is 20.8 Å². The second-order valence-corrected chi connectivity index (χ2v) is 5.05. The van der Waals surface area contributed by atoms with Gasteiger partial charge in [-0.25, -0.2) is 9.78 Å². The maximum atomic E-state index is 11.2. The lowest BCUT2D eigenvalue weighted by Crippen LogP contribution is -2.06. The highest BCUT2D eigenvalue weighted by Gasteiger charge is 2.15. The van der Waals surface area contributed by atoms with Crippen molar-refractivity contribution < 1.29 is 14.6 Å². The molecule has 0 amide bonds. The molecule has 0 saturated carbocycles. The third-order valence-electron chi connectivity index (χ3n) is 2.40. The van der Waals surface area contributed by atoms with Crippen molar-refractivity contribution in [2.45, 2.75) is 32.2 Å². The van der Waals surface area contributed by atoms with E-state index in [0.717, 1.165) is 23.4 Å². The van der Waals surface area contributed by atoms with Crippen molar-refractivity contribution in [2.75, 3.05) is 19.0 Å². The molecule has 0 aliphatic heterocycles. The molecule has 0 unspecified atom stereocenters. The van der Waals surface area contributed by atoms with Crippen molar-refractivity contribution in [1.29, 1.82) is 0 Å².